The number of rotatable bonds is 3. The highest BCUT2D eigenvalue weighted by molar-refractivity contribution is 5.96. The standard InChI is InChI=1S/C26H31F3N2O/c1-17-22(5-4-6-23(17)30-24(32)26(27,28)29)19-7-8-20-16-31(14-11-18(20)15-19)21-9-12-25(2,3)13-10-21/h4-8,15,21H,9-14,16H2,1-3H3,(H,30,32). The molecule has 1 saturated carbocycles. The van der Waals surface area contributed by atoms with Crippen LogP contribution >= 0.6 is 0 Å². The molecule has 32 heavy (non-hydrogen) atoms. The fourth-order valence-electron chi connectivity index (χ4n) is 5.08. The van der Waals surface area contributed by atoms with Gasteiger partial charge in [0.25, 0.3) is 0 Å². The van der Waals surface area contributed by atoms with Gasteiger partial charge in [-0.05, 0) is 78.3 Å². The van der Waals surface area contributed by atoms with Crippen molar-refractivity contribution in [2.24, 2.45) is 5.41 Å². The number of nitrogens with zero attached hydrogens (tertiary/aromatic N) is 1. The van der Waals surface area contributed by atoms with Gasteiger partial charge in [0.1, 0.15) is 0 Å². The molecule has 0 spiro atoms. The highest BCUT2D eigenvalue weighted by atomic mass is 19.4. The first-order chi connectivity index (χ1) is 15.0. The molecule has 172 valence electrons. The van der Waals surface area contributed by atoms with Gasteiger partial charge in [0.15, 0.2) is 0 Å². The van der Waals surface area contributed by atoms with E-state index in [1.807, 2.05) is 17.4 Å². The third-order valence-corrected chi connectivity index (χ3v) is 7.22. The Kier molecular flexibility index (Phi) is 6.10. The lowest BCUT2D eigenvalue weighted by Crippen LogP contribution is -2.42. The van der Waals surface area contributed by atoms with E-state index in [1.165, 1.54) is 42.9 Å². The van der Waals surface area contributed by atoms with Crippen molar-refractivity contribution in [2.45, 2.75) is 71.6 Å². The van der Waals surface area contributed by atoms with Gasteiger partial charge < -0.3 is 5.32 Å². The van der Waals surface area contributed by atoms with Gasteiger partial charge in [-0.25, -0.2) is 0 Å². The lowest BCUT2D eigenvalue weighted by molar-refractivity contribution is -0.167. The second-order valence-corrected chi connectivity index (χ2v) is 10.0. The number of carbonyl (C=O) groups excluding carboxylic acids is 1. The molecule has 1 heterocycles. The molecule has 1 fully saturated rings. The molecular weight excluding hydrogens is 413 g/mol. The maximum atomic E-state index is 12.7. The fourth-order valence-corrected chi connectivity index (χ4v) is 5.08. The minimum atomic E-state index is -4.91. The predicted octanol–water partition coefficient (Wildman–Crippen LogP) is 6.49. The number of fused-ring (bicyclic) bond motifs is 1. The van der Waals surface area contributed by atoms with Crippen molar-refractivity contribution in [1.29, 1.82) is 0 Å². The first kappa shape index (κ1) is 22.8. The van der Waals surface area contributed by atoms with E-state index in [0.717, 1.165) is 30.6 Å². The van der Waals surface area contributed by atoms with Gasteiger partial charge in [-0.15, -0.1) is 0 Å². The molecule has 2 aromatic carbocycles. The van der Waals surface area contributed by atoms with Crippen molar-refractivity contribution in [3.05, 3.63) is 53.1 Å². The van der Waals surface area contributed by atoms with Gasteiger partial charge >= 0.3 is 12.1 Å². The third kappa shape index (κ3) is 4.85. The van der Waals surface area contributed by atoms with Crippen molar-refractivity contribution in [2.75, 3.05) is 11.9 Å². The molecule has 1 aliphatic heterocycles. The van der Waals surface area contributed by atoms with Crippen LogP contribution in [0.25, 0.3) is 11.1 Å². The summed E-state index contributed by atoms with van der Waals surface area (Å²) >= 11 is 0. The lowest BCUT2D eigenvalue weighted by Gasteiger charge is -2.42. The number of carbonyl (C=O) groups is 1. The van der Waals surface area contributed by atoms with E-state index in [1.54, 1.807) is 13.0 Å². The van der Waals surface area contributed by atoms with Crippen LogP contribution in [0.3, 0.4) is 0 Å². The molecule has 0 bridgehead atoms. The molecule has 0 saturated heterocycles. The zero-order valence-corrected chi connectivity index (χ0v) is 19.0. The number of hydrogen-bond donors (Lipinski definition) is 1. The molecule has 1 aliphatic carbocycles. The molecule has 1 amide bonds. The SMILES string of the molecule is Cc1c(NC(=O)C(F)(F)F)cccc1-c1ccc2c(c1)CCN(C1CCC(C)(C)CC1)C2. The van der Waals surface area contributed by atoms with E-state index < -0.39 is 12.1 Å². The molecule has 3 nitrogen and oxygen atoms in total. The zero-order chi connectivity index (χ0) is 23.1. The molecule has 0 radical (unpaired) electrons. The Bertz CT molecular complexity index is 1000. The third-order valence-electron chi connectivity index (χ3n) is 7.22. The molecule has 2 aromatic rings. The van der Waals surface area contributed by atoms with Crippen LogP contribution in [0.15, 0.2) is 36.4 Å². The predicted molar refractivity (Wildman–Crippen MR) is 121 cm³/mol. The second kappa shape index (κ2) is 8.54. The maximum absolute atomic E-state index is 12.7. The molecule has 0 aromatic heterocycles. The van der Waals surface area contributed by atoms with E-state index in [9.17, 15) is 18.0 Å². The summed E-state index contributed by atoms with van der Waals surface area (Å²) in [6.45, 7) is 8.47. The fraction of sp³-hybridized carbons (Fsp3) is 0.500. The average Bonchev–Trinajstić information content (AvgIpc) is 2.74. The van der Waals surface area contributed by atoms with Gasteiger partial charge in [0.2, 0.25) is 0 Å². The van der Waals surface area contributed by atoms with Gasteiger partial charge in [0.05, 0.1) is 0 Å². The topological polar surface area (TPSA) is 32.3 Å². The smallest absolute Gasteiger partial charge is 0.318 e. The van der Waals surface area contributed by atoms with Crippen LogP contribution in [0.1, 0.15) is 56.2 Å². The van der Waals surface area contributed by atoms with Crippen LogP contribution in [-0.2, 0) is 17.8 Å². The minimum absolute atomic E-state index is 0.189. The average molecular weight is 445 g/mol. The van der Waals surface area contributed by atoms with E-state index in [4.69, 9.17) is 0 Å². The Labute approximate surface area is 188 Å². The van der Waals surface area contributed by atoms with Crippen molar-refractivity contribution in [1.82, 2.24) is 4.90 Å². The Morgan fingerprint density at radius 3 is 2.50 bits per heavy atom. The molecule has 0 unspecified atom stereocenters. The van der Waals surface area contributed by atoms with E-state index in [0.29, 0.717) is 17.0 Å². The summed E-state index contributed by atoms with van der Waals surface area (Å²) < 4.78 is 38.0. The molecule has 2 aliphatic rings. The summed E-state index contributed by atoms with van der Waals surface area (Å²) in [5.41, 5.74) is 5.73. The number of benzene rings is 2. The van der Waals surface area contributed by atoms with Crippen LogP contribution in [-0.4, -0.2) is 29.6 Å². The van der Waals surface area contributed by atoms with Crippen molar-refractivity contribution in [3.8, 4) is 11.1 Å². The normalized spacial score (nSPS) is 19.4. The molecule has 6 heteroatoms. The summed E-state index contributed by atoms with van der Waals surface area (Å²) in [4.78, 5) is 14.0. The van der Waals surface area contributed by atoms with Crippen LogP contribution in [0, 0.1) is 12.3 Å². The van der Waals surface area contributed by atoms with Crippen LogP contribution < -0.4 is 5.32 Å². The van der Waals surface area contributed by atoms with Crippen LogP contribution in [0.5, 0.6) is 0 Å². The molecule has 0 atom stereocenters. The van der Waals surface area contributed by atoms with Crippen molar-refractivity contribution in [3.63, 3.8) is 0 Å². The van der Waals surface area contributed by atoms with Gasteiger partial charge in [0, 0.05) is 24.8 Å². The number of hydrogen-bond acceptors (Lipinski definition) is 2. The summed E-state index contributed by atoms with van der Waals surface area (Å²) in [6.07, 6.45) is 1.15. The number of anilines is 1. The number of alkyl halides is 3. The molecule has 1 N–H and O–H groups in total. The largest absolute Gasteiger partial charge is 0.471 e. The monoisotopic (exact) mass is 444 g/mol. The highest BCUT2D eigenvalue weighted by Gasteiger charge is 2.39. The van der Waals surface area contributed by atoms with Crippen LogP contribution in [0.2, 0.25) is 0 Å². The molecule has 4 rings (SSSR count). The molecular formula is C26H31F3N2O. The highest BCUT2D eigenvalue weighted by Crippen LogP contribution is 2.39. The van der Waals surface area contributed by atoms with Crippen molar-refractivity contribution < 1.29 is 18.0 Å². The minimum Gasteiger partial charge on any atom is -0.318 e. The number of amides is 1. The Balaban J connectivity index is 1.51. The van der Waals surface area contributed by atoms with Gasteiger partial charge in [-0.1, -0.05) is 44.2 Å². The van der Waals surface area contributed by atoms with E-state index in [-0.39, 0.29) is 5.69 Å². The van der Waals surface area contributed by atoms with Crippen molar-refractivity contribution >= 4 is 11.6 Å². The second-order valence-electron chi connectivity index (χ2n) is 10.0. The summed E-state index contributed by atoms with van der Waals surface area (Å²) in [7, 11) is 0. The number of halogens is 3. The van der Waals surface area contributed by atoms with Gasteiger partial charge in [-0.2, -0.15) is 13.2 Å². The lowest BCUT2D eigenvalue weighted by atomic mass is 9.75. The maximum Gasteiger partial charge on any atom is 0.471 e. The summed E-state index contributed by atoms with van der Waals surface area (Å²) in [5.74, 6) is -1.95. The van der Waals surface area contributed by atoms with Crippen LogP contribution in [0.4, 0.5) is 18.9 Å². The zero-order valence-electron chi connectivity index (χ0n) is 19.0. The summed E-state index contributed by atoms with van der Waals surface area (Å²) in [6, 6.07) is 12.1. The van der Waals surface area contributed by atoms with E-state index in [2.05, 4.69) is 30.9 Å². The number of nitrogens with one attached hydrogen (secondary N) is 1. The van der Waals surface area contributed by atoms with E-state index >= 15 is 0 Å². The Morgan fingerprint density at radius 1 is 1.09 bits per heavy atom. The summed E-state index contributed by atoms with van der Waals surface area (Å²) in [5, 5.41) is 2.00. The quantitative estimate of drug-likeness (QED) is 0.587. The first-order valence-corrected chi connectivity index (χ1v) is 11.4. The Morgan fingerprint density at radius 2 is 1.81 bits per heavy atom. The van der Waals surface area contributed by atoms with Gasteiger partial charge in [-0.3, -0.25) is 9.69 Å². The first-order valence-electron chi connectivity index (χ1n) is 11.4. The Hall–Kier alpha value is -2.34.